The molecule has 0 unspecified atom stereocenters. The minimum absolute atomic E-state index is 0.980. The fraction of sp³-hybridized carbons (Fsp3) is 0.312. The monoisotopic (exact) mass is 272 g/mol. The van der Waals surface area contributed by atoms with Crippen LogP contribution in [0.3, 0.4) is 0 Å². The number of rotatable bonds is 7. The van der Waals surface area contributed by atoms with E-state index in [1.54, 1.807) is 0 Å². The Labute approximate surface area is 119 Å². The third-order valence-corrected chi connectivity index (χ3v) is 3.86. The van der Waals surface area contributed by atoms with E-state index >= 15 is 0 Å². The SMILES string of the molecule is CCCNc1ncccc1CSCc1ccccc1. The number of benzene rings is 1. The van der Waals surface area contributed by atoms with Gasteiger partial charge in [0.15, 0.2) is 0 Å². The van der Waals surface area contributed by atoms with Crippen LogP contribution in [-0.4, -0.2) is 11.5 Å². The van der Waals surface area contributed by atoms with E-state index in [9.17, 15) is 0 Å². The molecule has 0 spiro atoms. The van der Waals surface area contributed by atoms with Crippen molar-refractivity contribution in [3.8, 4) is 0 Å². The van der Waals surface area contributed by atoms with Crippen LogP contribution >= 0.6 is 11.8 Å². The molecule has 1 heterocycles. The van der Waals surface area contributed by atoms with E-state index in [4.69, 9.17) is 0 Å². The quantitative estimate of drug-likeness (QED) is 0.811. The van der Waals surface area contributed by atoms with Gasteiger partial charge in [-0.15, -0.1) is 0 Å². The molecule has 2 rings (SSSR count). The van der Waals surface area contributed by atoms with E-state index in [-0.39, 0.29) is 0 Å². The van der Waals surface area contributed by atoms with Crippen molar-refractivity contribution in [2.45, 2.75) is 24.9 Å². The number of pyridine rings is 1. The number of aromatic nitrogens is 1. The lowest BCUT2D eigenvalue weighted by Crippen LogP contribution is -2.04. The van der Waals surface area contributed by atoms with Gasteiger partial charge in [0.2, 0.25) is 0 Å². The topological polar surface area (TPSA) is 24.9 Å². The molecule has 3 heteroatoms. The van der Waals surface area contributed by atoms with Gasteiger partial charge >= 0.3 is 0 Å². The Bertz CT molecular complexity index is 485. The zero-order chi connectivity index (χ0) is 13.3. The van der Waals surface area contributed by atoms with Crippen LogP contribution < -0.4 is 5.32 Å². The third-order valence-electron chi connectivity index (χ3n) is 2.80. The minimum Gasteiger partial charge on any atom is -0.370 e. The maximum Gasteiger partial charge on any atom is 0.129 e. The van der Waals surface area contributed by atoms with Gasteiger partial charge in [-0.1, -0.05) is 43.3 Å². The fourth-order valence-corrected chi connectivity index (χ4v) is 2.79. The molecule has 0 saturated carbocycles. The van der Waals surface area contributed by atoms with Crippen LogP contribution in [-0.2, 0) is 11.5 Å². The second kappa shape index (κ2) is 7.85. The Morgan fingerprint density at radius 2 is 1.89 bits per heavy atom. The first kappa shape index (κ1) is 13.9. The van der Waals surface area contributed by atoms with Crippen molar-refractivity contribution in [3.63, 3.8) is 0 Å². The lowest BCUT2D eigenvalue weighted by atomic mass is 10.2. The maximum absolute atomic E-state index is 4.42. The molecule has 0 bridgehead atoms. The fourth-order valence-electron chi connectivity index (χ4n) is 1.81. The molecule has 0 aliphatic carbocycles. The second-order valence-electron chi connectivity index (χ2n) is 4.42. The van der Waals surface area contributed by atoms with Gasteiger partial charge in [0.05, 0.1) is 0 Å². The summed E-state index contributed by atoms with van der Waals surface area (Å²) in [5, 5.41) is 3.39. The van der Waals surface area contributed by atoms with E-state index in [0.717, 1.165) is 30.3 Å². The van der Waals surface area contributed by atoms with Gasteiger partial charge in [0.1, 0.15) is 5.82 Å². The van der Waals surface area contributed by atoms with Crippen molar-refractivity contribution in [3.05, 3.63) is 59.8 Å². The molecule has 0 saturated heterocycles. The molecule has 100 valence electrons. The van der Waals surface area contributed by atoms with Crippen molar-refractivity contribution >= 4 is 17.6 Å². The number of hydrogen-bond donors (Lipinski definition) is 1. The summed E-state index contributed by atoms with van der Waals surface area (Å²) < 4.78 is 0. The standard InChI is InChI=1S/C16H20N2S/c1-2-10-17-16-15(9-6-11-18-16)13-19-12-14-7-4-3-5-8-14/h3-9,11H,2,10,12-13H2,1H3,(H,17,18). The first-order valence-corrected chi connectivity index (χ1v) is 7.85. The van der Waals surface area contributed by atoms with E-state index in [0.29, 0.717) is 0 Å². The molecule has 0 aliphatic rings. The molecule has 0 radical (unpaired) electrons. The number of nitrogens with one attached hydrogen (secondary N) is 1. The summed E-state index contributed by atoms with van der Waals surface area (Å²) in [6.45, 7) is 3.15. The molecule has 2 nitrogen and oxygen atoms in total. The predicted octanol–water partition coefficient (Wildman–Crippen LogP) is 4.34. The average molecular weight is 272 g/mol. The van der Waals surface area contributed by atoms with Crippen molar-refractivity contribution in [1.82, 2.24) is 4.98 Å². The van der Waals surface area contributed by atoms with Crippen molar-refractivity contribution < 1.29 is 0 Å². The van der Waals surface area contributed by atoms with Crippen LogP contribution in [0.5, 0.6) is 0 Å². The molecule has 0 aliphatic heterocycles. The van der Waals surface area contributed by atoms with E-state index < -0.39 is 0 Å². The van der Waals surface area contributed by atoms with Gasteiger partial charge in [-0.25, -0.2) is 4.98 Å². The molecule has 1 N–H and O–H groups in total. The highest BCUT2D eigenvalue weighted by Gasteiger charge is 2.02. The molecule has 0 fully saturated rings. The van der Waals surface area contributed by atoms with E-state index in [1.807, 2.05) is 24.0 Å². The summed E-state index contributed by atoms with van der Waals surface area (Å²) in [6.07, 6.45) is 2.97. The molecule has 0 amide bonds. The van der Waals surface area contributed by atoms with Crippen LogP contribution in [0.25, 0.3) is 0 Å². The molecular formula is C16H20N2S. The second-order valence-corrected chi connectivity index (χ2v) is 5.40. The van der Waals surface area contributed by atoms with Gasteiger partial charge in [0, 0.05) is 29.8 Å². The highest BCUT2D eigenvalue weighted by atomic mass is 32.2. The van der Waals surface area contributed by atoms with Crippen LogP contribution in [0.2, 0.25) is 0 Å². The number of thioether (sulfide) groups is 1. The zero-order valence-corrected chi connectivity index (χ0v) is 12.1. The Morgan fingerprint density at radius 3 is 2.68 bits per heavy atom. The summed E-state index contributed by atoms with van der Waals surface area (Å²) in [7, 11) is 0. The normalized spacial score (nSPS) is 10.4. The molecule has 2 aromatic rings. The smallest absolute Gasteiger partial charge is 0.129 e. The Balaban J connectivity index is 1.88. The lowest BCUT2D eigenvalue weighted by molar-refractivity contribution is 0.965. The van der Waals surface area contributed by atoms with Gasteiger partial charge < -0.3 is 5.32 Å². The largest absolute Gasteiger partial charge is 0.370 e. The predicted molar refractivity (Wildman–Crippen MR) is 84.5 cm³/mol. The molecular weight excluding hydrogens is 252 g/mol. The summed E-state index contributed by atoms with van der Waals surface area (Å²) in [6, 6.07) is 14.8. The van der Waals surface area contributed by atoms with Gasteiger partial charge in [-0.3, -0.25) is 0 Å². The molecule has 1 aromatic carbocycles. The maximum atomic E-state index is 4.42. The summed E-state index contributed by atoms with van der Waals surface area (Å²) in [5.41, 5.74) is 2.66. The number of hydrogen-bond acceptors (Lipinski definition) is 3. The summed E-state index contributed by atoms with van der Waals surface area (Å²) >= 11 is 1.93. The van der Waals surface area contributed by atoms with Crippen LogP contribution in [0.4, 0.5) is 5.82 Å². The Hall–Kier alpha value is -1.48. The highest BCUT2D eigenvalue weighted by molar-refractivity contribution is 7.97. The van der Waals surface area contributed by atoms with Crippen molar-refractivity contribution in [2.24, 2.45) is 0 Å². The van der Waals surface area contributed by atoms with E-state index in [2.05, 4.69) is 53.6 Å². The van der Waals surface area contributed by atoms with Crippen LogP contribution in [0.1, 0.15) is 24.5 Å². The van der Waals surface area contributed by atoms with E-state index in [1.165, 1.54) is 11.1 Å². The van der Waals surface area contributed by atoms with Gasteiger partial charge in [0.25, 0.3) is 0 Å². The molecule has 19 heavy (non-hydrogen) atoms. The first-order valence-electron chi connectivity index (χ1n) is 6.69. The molecule has 0 atom stereocenters. The number of anilines is 1. The zero-order valence-electron chi connectivity index (χ0n) is 11.3. The average Bonchev–Trinajstić information content (AvgIpc) is 2.47. The van der Waals surface area contributed by atoms with Crippen molar-refractivity contribution in [1.29, 1.82) is 0 Å². The minimum atomic E-state index is 0.980. The first-order chi connectivity index (χ1) is 9.40. The van der Waals surface area contributed by atoms with Crippen LogP contribution in [0, 0.1) is 0 Å². The van der Waals surface area contributed by atoms with Crippen LogP contribution in [0.15, 0.2) is 48.7 Å². The van der Waals surface area contributed by atoms with Gasteiger partial charge in [-0.2, -0.15) is 11.8 Å². The van der Waals surface area contributed by atoms with Crippen molar-refractivity contribution in [2.75, 3.05) is 11.9 Å². The lowest BCUT2D eigenvalue weighted by Gasteiger charge is -2.09. The Kier molecular flexibility index (Phi) is 5.76. The third kappa shape index (κ3) is 4.60. The summed E-state index contributed by atoms with van der Waals surface area (Å²) in [5.74, 6) is 3.07. The molecule has 1 aromatic heterocycles. The summed E-state index contributed by atoms with van der Waals surface area (Å²) in [4.78, 5) is 4.42. The number of nitrogens with zero attached hydrogens (tertiary/aromatic N) is 1. The Morgan fingerprint density at radius 1 is 1.05 bits per heavy atom. The van der Waals surface area contributed by atoms with Gasteiger partial charge in [-0.05, 0) is 18.1 Å². The highest BCUT2D eigenvalue weighted by Crippen LogP contribution is 2.21.